The average Bonchev–Trinajstić information content (AvgIpc) is 2.01. The molecule has 0 aliphatic rings. The third-order valence-electron chi connectivity index (χ3n) is 1.41. The quantitative estimate of drug-likeness (QED) is 0.333. The number of esters is 1. The van der Waals surface area contributed by atoms with Crippen LogP contribution in [0, 0.1) is 10.1 Å². The van der Waals surface area contributed by atoms with Crippen molar-refractivity contribution >= 4 is 11.7 Å². The van der Waals surface area contributed by atoms with Gasteiger partial charge in [-0.1, -0.05) is 6.07 Å². The summed E-state index contributed by atoms with van der Waals surface area (Å²) in [5, 5.41) is 19.6. The van der Waals surface area contributed by atoms with Gasteiger partial charge in [-0.3, -0.25) is 14.9 Å². The second-order valence-electron chi connectivity index (χ2n) is 2.47. The van der Waals surface area contributed by atoms with Crippen molar-refractivity contribution in [2.75, 3.05) is 0 Å². The van der Waals surface area contributed by atoms with E-state index in [4.69, 9.17) is 5.11 Å². The van der Waals surface area contributed by atoms with Gasteiger partial charge in [0.15, 0.2) is 5.75 Å². The Morgan fingerprint density at radius 3 is 2.71 bits per heavy atom. The largest absolute Gasteiger partial charge is 0.502 e. The van der Waals surface area contributed by atoms with Crippen molar-refractivity contribution in [2.24, 2.45) is 0 Å². The van der Waals surface area contributed by atoms with Crippen molar-refractivity contribution < 1.29 is 19.6 Å². The molecule has 0 aliphatic heterocycles. The summed E-state index contributed by atoms with van der Waals surface area (Å²) in [7, 11) is 0. The monoisotopic (exact) mass is 197 g/mol. The number of carbonyl (C=O) groups excluding carboxylic acids is 1. The summed E-state index contributed by atoms with van der Waals surface area (Å²) >= 11 is 0. The molecular weight excluding hydrogens is 190 g/mol. The molecule has 0 saturated heterocycles. The number of carbonyl (C=O) groups is 1. The van der Waals surface area contributed by atoms with Gasteiger partial charge in [-0.25, -0.2) is 0 Å². The molecule has 0 bridgehead atoms. The SMILES string of the molecule is CC(=O)Oc1cccc(O)c1[N+](=O)[O-]. The first kappa shape index (κ1) is 9.97. The number of aromatic hydroxyl groups is 1. The number of para-hydroxylation sites is 1. The molecule has 1 rings (SSSR count). The van der Waals surface area contributed by atoms with Gasteiger partial charge in [0.25, 0.3) is 0 Å². The Morgan fingerprint density at radius 1 is 1.57 bits per heavy atom. The standard InChI is InChI=1S/C8H7NO5/c1-5(10)14-7-4-2-3-6(11)8(7)9(12)13/h2-4,11H,1H3. The summed E-state index contributed by atoms with van der Waals surface area (Å²) in [4.78, 5) is 20.2. The van der Waals surface area contributed by atoms with E-state index < -0.39 is 22.3 Å². The molecule has 74 valence electrons. The number of phenols is 1. The lowest BCUT2D eigenvalue weighted by atomic mass is 10.3. The van der Waals surface area contributed by atoms with E-state index in [1.165, 1.54) is 12.1 Å². The van der Waals surface area contributed by atoms with E-state index in [-0.39, 0.29) is 5.75 Å². The lowest BCUT2D eigenvalue weighted by molar-refractivity contribution is -0.386. The summed E-state index contributed by atoms with van der Waals surface area (Å²) in [5.74, 6) is -1.48. The van der Waals surface area contributed by atoms with E-state index in [1.54, 1.807) is 0 Å². The van der Waals surface area contributed by atoms with Gasteiger partial charge in [-0.15, -0.1) is 0 Å². The van der Waals surface area contributed by atoms with Gasteiger partial charge >= 0.3 is 11.7 Å². The molecule has 14 heavy (non-hydrogen) atoms. The van der Waals surface area contributed by atoms with Crippen LogP contribution in [0.25, 0.3) is 0 Å². The number of benzene rings is 1. The zero-order valence-electron chi connectivity index (χ0n) is 7.26. The lowest BCUT2D eigenvalue weighted by Crippen LogP contribution is -2.03. The Morgan fingerprint density at radius 2 is 2.21 bits per heavy atom. The number of ether oxygens (including phenoxy) is 1. The Hall–Kier alpha value is -2.11. The molecule has 6 heteroatoms. The van der Waals surface area contributed by atoms with E-state index in [9.17, 15) is 14.9 Å². The first-order valence-electron chi connectivity index (χ1n) is 3.67. The van der Waals surface area contributed by atoms with E-state index >= 15 is 0 Å². The molecule has 0 radical (unpaired) electrons. The van der Waals surface area contributed by atoms with Gasteiger partial charge in [-0.2, -0.15) is 0 Å². The van der Waals surface area contributed by atoms with Gasteiger partial charge in [0.2, 0.25) is 5.75 Å². The number of hydrogen-bond acceptors (Lipinski definition) is 5. The van der Waals surface area contributed by atoms with Crippen LogP contribution in [0.15, 0.2) is 18.2 Å². The van der Waals surface area contributed by atoms with Crippen molar-refractivity contribution in [1.29, 1.82) is 0 Å². The minimum absolute atomic E-state index is 0.262. The van der Waals surface area contributed by atoms with Gasteiger partial charge in [-0.05, 0) is 12.1 Å². The van der Waals surface area contributed by atoms with Gasteiger partial charge in [0, 0.05) is 6.92 Å². The number of nitro benzene ring substituents is 1. The lowest BCUT2D eigenvalue weighted by Gasteiger charge is -2.02. The second kappa shape index (κ2) is 3.73. The summed E-state index contributed by atoms with van der Waals surface area (Å²) < 4.78 is 4.55. The fourth-order valence-corrected chi connectivity index (χ4v) is 0.931. The number of nitro groups is 1. The smallest absolute Gasteiger partial charge is 0.352 e. The maximum atomic E-state index is 10.6. The van der Waals surface area contributed by atoms with Gasteiger partial charge in [0.1, 0.15) is 0 Å². The Balaban J connectivity index is 3.21. The van der Waals surface area contributed by atoms with Crippen molar-refractivity contribution in [2.45, 2.75) is 6.92 Å². The molecule has 0 saturated carbocycles. The van der Waals surface area contributed by atoms with Crippen molar-refractivity contribution in [3.05, 3.63) is 28.3 Å². The van der Waals surface area contributed by atoms with Crippen LogP contribution in [0.4, 0.5) is 5.69 Å². The zero-order valence-corrected chi connectivity index (χ0v) is 7.26. The van der Waals surface area contributed by atoms with Crippen molar-refractivity contribution in [3.8, 4) is 11.5 Å². The van der Waals surface area contributed by atoms with E-state index in [0.717, 1.165) is 13.0 Å². The second-order valence-corrected chi connectivity index (χ2v) is 2.47. The Labute approximate surface area is 78.9 Å². The van der Waals surface area contributed by atoms with Gasteiger partial charge in [0.05, 0.1) is 4.92 Å². The number of phenolic OH excluding ortho intramolecular Hbond substituents is 1. The summed E-state index contributed by atoms with van der Waals surface area (Å²) in [6.07, 6.45) is 0. The maximum Gasteiger partial charge on any atom is 0.352 e. The van der Waals surface area contributed by atoms with Crippen LogP contribution in [0.5, 0.6) is 11.5 Å². The maximum absolute atomic E-state index is 10.6. The number of hydrogen-bond donors (Lipinski definition) is 1. The summed E-state index contributed by atoms with van der Waals surface area (Å²) in [6, 6.07) is 3.73. The highest BCUT2D eigenvalue weighted by molar-refractivity contribution is 5.72. The fraction of sp³-hybridized carbons (Fsp3) is 0.125. The molecule has 0 heterocycles. The van der Waals surface area contributed by atoms with Crippen LogP contribution in [-0.4, -0.2) is 16.0 Å². The molecule has 0 unspecified atom stereocenters. The van der Waals surface area contributed by atoms with E-state index in [1.807, 2.05) is 0 Å². The van der Waals surface area contributed by atoms with Crippen LogP contribution in [-0.2, 0) is 4.79 Å². The fourth-order valence-electron chi connectivity index (χ4n) is 0.931. The van der Waals surface area contributed by atoms with E-state index in [2.05, 4.69) is 4.74 Å². The number of nitrogens with zero attached hydrogens (tertiary/aromatic N) is 1. The van der Waals surface area contributed by atoms with Crippen LogP contribution >= 0.6 is 0 Å². The summed E-state index contributed by atoms with van der Waals surface area (Å²) in [5.41, 5.74) is -0.609. The molecule has 1 aromatic carbocycles. The molecule has 0 fully saturated rings. The minimum atomic E-state index is -0.812. The highest BCUT2D eigenvalue weighted by Crippen LogP contribution is 2.35. The summed E-state index contributed by atoms with van der Waals surface area (Å²) in [6.45, 7) is 1.12. The van der Waals surface area contributed by atoms with E-state index in [0.29, 0.717) is 0 Å². The van der Waals surface area contributed by atoms with Crippen LogP contribution in [0.1, 0.15) is 6.92 Å². The minimum Gasteiger partial charge on any atom is -0.502 e. The third kappa shape index (κ3) is 1.98. The molecule has 1 aromatic rings. The molecule has 0 aromatic heterocycles. The molecule has 0 atom stereocenters. The van der Waals surface area contributed by atoms with Crippen LogP contribution in [0.2, 0.25) is 0 Å². The molecule has 0 aliphatic carbocycles. The zero-order chi connectivity index (χ0) is 10.7. The van der Waals surface area contributed by atoms with Crippen LogP contribution < -0.4 is 4.74 Å². The van der Waals surface area contributed by atoms with Crippen molar-refractivity contribution in [1.82, 2.24) is 0 Å². The highest BCUT2D eigenvalue weighted by atomic mass is 16.6. The predicted octanol–water partition coefficient (Wildman–Crippen LogP) is 1.23. The van der Waals surface area contributed by atoms with Crippen molar-refractivity contribution in [3.63, 3.8) is 0 Å². The normalized spacial score (nSPS) is 9.50. The molecule has 1 N–H and O–H groups in total. The predicted molar refractivity (Wildman–Crippen MR) is 46.1 cm³/mol. The molecule has 0 amide bonds. The molecule has 6 nitrogen and oxygen atoms in total. The highest BCUT2D eigenvalue weighted by Gasteiger charge is 2.21. The molecular formula is C8H7NO5. The Kier molecular flexibility index (Phi) is 2.66. The first-order chi connectivity index (χ1) is 6.52. The molecule has 0 spiro atoms. The van der Waals surface area contributed by atoms with Gasteiger partial charge < -0.3 is 9.84 Å². The number of rotatable bonds is 2. The first-order valence-corrected chi connectivity index (χ1v) is 3.67. The third-order valence-corrected chi connectivity index (χ3v) is 1.41. The van der Waals surface area contributed by atoms with Crippen LogP contribution in [0.3, 0.4) is 0 Å². The topological polar surface area (TPSA) is 89.7 Å². The Bertz CT molecular complexity index is 387. The average molecular weight is 197 g/mol.